The maximum Gasteiger partial charge on any atom is 0.112 e. The Balaban J connectivity index is 2.25. The van der Waals surface area contributed by atoms with Crippen molar-refractivity contribution in [1.82, 2.24) is 9.55 Å². The number of aromatic nitrogens is 2. The average Bonchev–Trinajstić information content (AvgIpc) is 2.59. The van der Waals surface area contributed by atoms with Gasteiger partial charge in [-0.25, -0.2) is 4.98 Å². The highest BCUT2D eigenvalue weighted by atomic mass is 15.0. The van der Waals surface area contributed by atoms with Gasteiger partial charge in [-0.3, -0.25) is 0 Å². The molecule has 3 heteroatoms. The summed E-state index contributed by atoms with van der Waals surface area (Å²) in [5, 5.41) is 0. The van der Waals surface area contributed by atoms with Crippen LogP contribution in [0.4, 0.5) is 5.69 Å². The Morgan fingerprint density at radius 3 is 2.80 bits per heavy atom. The van der Waals surface area contributed by atoms with E-state index in [1.54, 1.807) is 0 Å². The highest BCUT2D eigenvalue weighted by molar-refractivity contribution is 5.48. The van der Waals surface area contributed by atoms with Crippen LogP contribution in [0.3, 0.4) is 0 Å². The molecule has 0 atom stereocenters. The topological polar surface area (TPSA) is 43.8 Å². The van der Waals surface area contributed by atoms with Crippen LogP contribution < -0.4 is 5.73 Å². The molecule has 0 aliphatic carbocycles. The molecule has 3 nitrogen and oxygen atoms in total. The highest BCUT2D eigenvalue weighted by Gasteiger charge is 2.02. The summed E-state index contributed by atoms with van der Waals surface area (Å²) < 4.78 is 2.03. The van der Waals surface area contributed by atoms with Crippen LogP contribution in [-0.2, 0) is 13.5 Å². The monoisotopic (exact) mass is 201 g/mol. The predicted octanol–water partition coefficient (Wildman–Crippen LogP) is 1.90. The third kappa shape index (κ3) is 2.01. The first-order chi connectivity index (χ1) is 7.16. The molecule has 1 aromatic heterocycles. The lowest BCUT2D eigenvalue weighted by Crippen LogP contribution is -1.99. The second-order valence-electron chi connectivity index (χ2n) is 3.82. The minimum Gasteiger partial charge on any atom is -0.399 e. The largest absolute Gasteiger partial charge is 0.399 e. The molecule has 0 aliphatic heterocycles. The SMILES string of the molecule is Cc1cc(Cc2nccn2C)ccc1N. The number of imidazole rings is 1. The van der Waals surface area contributed by atoms with Crippen molar-refractivity contribution in [2.24, 2.45) is 7.05 Å². The minimum absolute atomic E-state index is 0.846. The first kappa shape index (κ1) is 9.77. The van der Waals surface area contributed by atoms with Crippen LogP contribution >= 0.6 is 0 Å². The molecule has 0 saturated heterocycles. The van der Waals surface area contributed by atoms with E-state index < -0.39 is 0 Å². The van der Waals surface area contributed by atoms with Gasteiger partial charge in [-0.05, 0) is 24.1 Å². The van der Waals surface area contributed by atoms with Crippen LogP contribution in [-0.4, -0.2) is 9.55 Å². The van der Waals surface area contributed by atoms with Gasteiger partial charge in [0.25, 0.3) is 0 Å². The van der Waals surface area contributed by atoms with E-state index in [0.717, 1.165) is 23.5 Å². The molecule has 0 spiro atoms. The molecule has 2 aromatic rings. The summed E-state index contributed by atoms with van der Waals surface area (Å²) in [6, 6.07) is 6.12. The van der Waals surface area contributed by atoms with E-state index in [1.165, 1.54) is 5.56 Å². The van der Waals surface area contributed by atoms with Gasteiger partial charge in [0.15, 0.2) is 0 Å². The molecule has 0 radical (unpaired) electrons. The van der Waals surface area contributed by atoms with Gasteiger partial charge in [-0.2, -0.15) is 0 Å². The van der Waals surface area contributed by atoms with E-state index in [2.05, 4.69) is 17.1 Å². The number of aryl methyl sites for hydroxylation is 2. The van der Waals surface area contributed by atoms with Crippen molar-refractivity contribution in [2.45, 2.75) is 13.3 Å². The van der Waals surface area contributed by atoms with Crippen molar-refractivity contribution >= 4 is 5.69 Å². The maximum atomic E-state index is 5.77. The van der Waals surface area contributed by atoms with Crippen molar-refractivity contribution in [3.05, 3.63) is 47.5 Å². The molecular formula is C12H15N3. The molecule has 1 aromatic carbocycles. The molecule has 0 fully saturated rings. The smallest absolute Gasteiger partial charge is 0.112 e. The molecule has 0 bridgehead atoms. The zero-order valence-electron chi connectivity index (χ0n) is 9.07. The fourth-order valence-corrected chi connectivity index (χ4v) is 1.60. The number of rotatable bonds is 2. The number of nitrogens with zero attached hydrogens (tertiary/aromatic N) is 2. The van der Waals surface area contributed by atoms with Gasteiger partial charge in [0.05, 0.1) is 0 Å². The van der Waals surface area contributed by atoms with Crippen LogP contribution in [0.1, 0.15) is 17.0 Å². The van der Waals surface area contributed by atoms with Crippen molar-refractivity contribution in [3.63, 3.8) is 0 Å². The Kier molecular flexibility index (Phi) is 2.46. The molecule has 2 N–H and O–H groups in total. The Morgan fingerprint density at radius 1 is 1.40 bits per heavy atom. The maximum absolute atomic E-state index is 5.77. The summed E-state index contributed by atoms with van der Waals surface area (Å²) >= 11 is 0. The van der Waals surface area contributed by atoms with Gasteiger partial charge in [-0.15, -0.1) is 0 Å². The fourth-order valence-electron chi connectivity index (χ4n) is 1.60. The van der Waals surface area contributed by atoms with E-state index in [-0.39, 0.29) is 0 Å². The Morgan fingerprint density at radius 2 is 2.20 bits per heavy atom. The molecule has 2 rings (SSSR count). The van der Waals surface area contributed by atoms with Crippen LogP contribution in [0.2, 0.25) is 0 Å². The van der Waals surface area contributed by atoms with E-state index >= 15 is 0 Å². The summed E-state index contributed by atoms with van der Waals surface area (Å²) in [5.41, 5.74) is 8.99. The van der Waals surface area contributed by atoms with E-state index in [4.69, 9.17) is 5.73 Å². The molecule has 78 valence electrons. The first-order valence-electron chi connectivity index (χ1n) is 4.98. The van der Waals surface area contributed by atoms with Crippen LogP contribution in [0.15, 0.2) is 30.6 Å². The van der Waals surface area contributed by atoms with E-state index in [1.807, 2.05) is 37.0 Å². The quantitative estimate of drug-likeness (QED) is 0.754. The number of nitrogen functional groups attached to an aromatic ring is 1. The third-order valence-corrected chi connectivity index (χ3v) is 2.62. The summed E-state index contributed by atoms with van der Waals surface area (Å²) in [6.45, 7) is 2.03. The number of benzene rings is 1. The molecule has 0 amide bonds. The second-order valence-corrected chi connectivity index (χ2v) is 3.82. The van der Waals surface area contributed by atoms with Crippen LogP contribution in [0.5, 0.6) is 0 Å². The Hall–Kier alpha value is -1.77. The number of nitrogens with two attached hydrogens (primary N) is 1. The van der Waals surface area contributed by atoms with Gasteiger partial charge in [0.2, 0.25) is 0 Å². The average molecular weight is 201 g/mol. The normalized spacial score (nSPS) is 10.5. The molecular weight excluding hydrogens is 186 g/mol. The molecule has 15 heavy (non-hydrogen) atoms. The summed E-state index contributed by atoms with van der Waals surface area (Å²) in [5.74, 6) is 1.07. The van der Waals surface area contributed by atoms with Crippen LogP contribution in [0.25, 0.3) is 0 Å². The molecule has 0 saturated carbocycles. The van der Waals surface area contributed by atoms with Crippen molar-refractivity contribution < 1.29 is 0 Å². The second kappa shape index (κ2) is 3.77. The minimum atomic E-state index is 0.846. The van der Waals surface area contributed by atoms with Crippen molar-refractivity contribution in [3.8, 4) is 0 Å². The lowest BCUT2D eigenvalue weighted by atomic mass is 10.1. The first-order valence-corrected chi connectivity index (χ1v) is 4.98. The van der Waals surface area contributed by atoms with Crippen molar-refractivity contribution in [2.75, 3.05) is 5.73 Å². The summed E-state index contributed by atoms with van der Waals surface area (Å²) in [4.78, 5) is 4.29. The lowest BCUT2D eigenvalue weighted by Gasteiger charge is -2.05. The number of anilines is 1. The number of hydrogen-bond donors (Lipinski definition) is 1. The van der Waals surface area contributed by atoms with E-state index in [0.29, 0.717) is 0 Å². The number of hydrogen-bond acceptors (Lipinski definition) is 2. The molecule has 0 unspecified atom stereocenters. The van der Waals surface area contributed by atoms with Crippen LogP contribution in [0, 0.1) is 6.92 Å². The standard InChI is InChI=1S/C12H15N3/c1-9-7-10(3-4-11(9)13)8-12-14-5-6-15(12)2/h3-7H,8,13H2,1-2H3. The van der Waals surface area contributed by atoms with Gasteiger partial charge in [-0.1, -0.05) is 12.1 Å². The highest BCUT2D eigenvalue weighted by Crippen LogP contribution is 2.15. The third-order valence-electron chi connectivity index (χ3n) is 2.62. The Bertz CT molecular complexity index is 471. The molecule has 1 heterocycles. The molecule has 0 aliphatic rings. The van der Waals surface area contributed by atoms with Crippen molar-refractivity contribution in [1.29, 1.82) is 0 Å². The van der Waals surface area contributed by atoms with Gasteiger partial charge < -0.3 is 10.3 Å². The van der Waals surface area contributed by atoms with Gasteiger partial charge in [0, 0.05) is 31.5 Å². The Labute approximate surface area is 89.6 Å². The zero-order chi connectivity index (χ0) is 10.8. The summed E-state index contributed by atoms with van der Waals surface area (Å²) in [7, 11) is 2.01. The van der Waals surface area contributed by atoms with Gasteiger partial charge >= 0.3 is 0 Å². The predicted molar refractivity (Wildman–Crippen MR) is 61.6 cm³/mol. The lowest BCUT2D eigenvalue weighted by molar-refractivity contribution is 0.821. The fraction of sp³-hybridized carbons (Fsp3) is 0.250. The zero-order valence-corrected chi connectivity index (χ0v) is 9.07. The summed E-state index contributed by atoms with van der Waals surface area (Å²) in [6.07, 6.45) is 4.63. The van der Waals surface area contributed by atoms with Gasteiger partial charge in [0.1, 0.15) is 5.82 Å². The van der Waals surface area contributed by atoms with E-state index in [9.17, 15) is 0 Å².